The van der Waals surface area contributed by atoms with Gasteiger partial charge in [-0.2, -0.15) is 0 Å². The van der Waals surface area contributed by atoms with Gasteiger partial charge in [0.1, 0.15) is 0 Å². The summed E-state index contributed by atoms with van der Waals surface area (Å²) < 4.78 is 10.5. The number of carbonyl (C=O) groups is 1. The Morgan fingerprint density at radius 3 is 2.36 bits per heavy atom. The number of amides is 1. The number of piperidine rings is 1. The third kappa shape index (κ3) is 3.62. The standard InChI is InChI=1S/C18H25NO3/c1-13-6-5-7-14(2)19(13)18(20)11-9-15-8-10-16(21-3)17(12-15)22-4/h8-14H,5-7H2,1-4H3. The van der Waals surface area contributed by atoms with Gasteiger partial charge in [-0.25, -0.2) is 0 Å². The van der Waals surface area contributed by atoms with Gasteiger partial charge < -0.3 is 14.4 Å². The highest BCUT2D eigenvalue weighted by atomic mass is 16.5. The molecule has 1 heterocycles. The molecule has 1 aromatic carbocycles. The summed E-state index contributed by atoms with van der Waals surface area (Å²) in [5.41, 5.74) is 0.920. The molecule has 1 aliphatic heterocycles. The molecule has 0 spiro atoms. The fraction of sp³-hybridized carbons (Fsp3) is 0.500. The first-order chi connectivity index (χ1) is 10.6. The van der Waals surface area contributed by atoms with E-state index in [0.717, 1.165) is 18.4 Å². The lowest BCUT2D eigenvalue weighted by molar-refractivity contribution is -0.131. The minimum atomic E-state index is 0.0782. The Morgan fingerprint density at radius 1 is 1.14 bits per heavy atom. The molecule has 2 unspecified atom stereocenters. The van der Waals surface area contributed by atoms with Gasteiger partial charge in [0.05, 0.1) is 14.2 Å². The number of benzene rings is 1. The summed E-state index contributed by atoms with van der Waals surface area (Å²) in [4.78, 5) is 14.4. The monoisotopic (exact) mass is 303 g/mol. The molecule has 0 N–H and O–H groups in total. The first-order valence-corrected chi connectivity index (χ1v) is 7.79. The van der Waals surface area contributed by atoms with Crippen LogP contribution < -0.4 is 9.47 Å². The number of nitrogens with zero attached hydrogens (tertiary/aromatic N) is 1. The molecule has 120 valence electrons. The van der Waals surface area contributed by atoms with Crippen molar-refractivity contribution in [2.45, 2.75) is 45.2 Å². The molecule has 22 heavy (non-hydrogen) atoms. The minimum absolute atomic E-state index is 0.0782. The van der Waals surface area contributed by atoms with Gasteiger partial charge in [0.25, 0.3) is 0 Å². The molecule has 4 nitrogen and oxygen atoms in total. The second kappa shape index (κ2) is 7.34. The number of ether oxygens (including phenoxy) is 2. The van der Waals surface area contributed by atoms with Crippen LogP contribution in [-0.4, -0.2) is 37.1 Å². The number of carbonyl (C=O) groups excluding carboxylic acids is 1. The summed E-state index contributed by atoms with van der Waals surface area (Å²) in [5.74, 6) is 1.43. The number of hydrogen-bond acceptors (Lipinski definition) is 3. The highest BCUT2D eigenvalue weighted by molar-refractivity contribution is 5.92. The lowest BCUT2D eigenvalue weighted by Gasteiger charge is -2.38. The summed E-state index contributed by atoms with van der Waals surface area (Å²) in [7, 11) is 3.21. The van der Waals surface area contributed by atoms with E-state index in [4.69, 9.17) is 9.47 Å². The summed E-state index contributed by atoms with van der Waals surface area (Å²) >= 11 is 0. The maximum atomic E-state index is 12.5. The lowest BCUT2D eigenvalue weighted by Crippen LogP contribution is -2.46. The molecule has 2 rings (SSSR count). The fourth-order valence-electron chi connectivity index (χ4n) is 3.07. The fourth-order valence-corrected chi connectivity index (χ4v) is 3.07. The van der Waals surface area contributed by atoms with Crippen LogP contribution in [0.3, 0.4) is 0 Å². The first-order valence-electron chi connectivity index (χ1n) is 7.79. The maximum absolute atomic E-state index is 12.5. The van der Waals surface area contributed by atoms with Crippen molar-refractivity contribution in [2.75, 3.05) is 14.2 Å². The number of rotatable bonds is 4. The van der Waals surface area contributed by atoms with Gasteiger partial charge in [-0.05, 0) is 56.9 Å². The minimum Gasteiger partial charge on any atom is -0.493 e. The zero-order chi connectivity index (χ0) is 16.1. The van der Waals surface area contributed by atoms with E-state index in [1.807, 2.05) is 29.2 Å². The van der Waals surface area contributed by atoms with E-state index < -0.39 is 0 Å². The molecule has 0 aromatic heterocycles. The molecule has 2 atom stereocenters. The predicted molar refractivity (Wildman–Crippen MR) is 88.2 cm³/mol. The molecule has 1 aliphatic rings. The number of methoxy groups -OCH3 is 2. The van der Waals surface area contributed by atoms with Crippen LogP contribution in [0.1, 0.15) is 38.7 Å². The Hall–Kier alpha value is -1.97. The van der Waals surface area contributed by atoms with Gasteiger partial charge in [-0.15, -0.1) is 0 Å². The second-order valence-electron chi connectivity index (χ2n) is 5.82. The highest BCUT2D eigenvalue weighted by Crippen LogP contribution is 2.28. The van der Waals surface area contributed by atoms with Crippen LogP contribution in [-0.2, 0) is 4.79 Å². The molecule has 4 heteroatoms. The molecule has 0 radical (unpaired) electrons. The molecule has 1 amide bonds. The van der Waals surface area contributed by atoms with Crippen molar-refractivity contribution in [1.29, 1.82) is 0 Å². The Bertz CT molecular complexity index is 543. The Labute approximate surface area is 132 Å². The van der Waals surface area contributed by atoms with E-state index in [9.17, 15) is 4.79 Å². The maximum Gasteiger partial charge on any atom is 0.247 e. The van der Waals surface area contributed by atoms with Crippen LogP contribution >= 0.6 is 0 Å². The molecule has 0 bridgehead atoms. The Balaban J connectivity index is 2.12. The topological polar surface area (TPSA) is 38.8 Å². The normalized spacial score (nSPS) is 21.9. The van der Waals surface area contributed by atoms with E-state index in [-0.39, 0.29) is 5.91 Å². The molecular formula is C18H25NO3. The number of likely N-dealkylation sites (tertiary alicyclic amines) is 1. The van der Waals surface area contributed by atoms with Gasteiger partial charge in [0.2, 0.25) is 5.91 Å². The Kier molecular flexibility index (Phi) is 5.47. The van der Waals surface area contributed by atoms with Crippen LogP contribution in [0, 0.1) is 0 Å². The highest BCUT2D eigenvalue weighted by Gasteiger charge is 2.27. The van der Waals surface area contributed by atoms with Crippen LogP contribution in [0.15, 0.2) is 24.3 Å². The SMILES string of the molecule is COc1ccc(C=CC(=O)N2C(C)CCCC2C)cc1OC. The quantitative estimate of drug-likeness (QED) is 0.799. The Morgan fingerprint density at radius 2 is 1.77 bits per heavy atom. The zero-order valence-electron chi connectivity index (χ0n) is 13.8. The van der Waals surface area contributed by atoms with E-state index in [1.54, 1.807) is 20.3 Å². The smallest absolute Gasteiger partial charge is 0.247 e. The summed E-state index contributed by atoms with van der Waals surface area (Å²) in [6, 6.07) is 6.24. The van der Waals surface area contributed by atoms with E-state index in [2.05, 4.69) is 13.8 Å². The van der Waals surface area contributed by atoms with Crippen molar-refractivity contribution in [1.82, 2.24) is 4.90 Å². The van der Waals surface area contributed by atoms with Crippen LogP contribution in [0.4, 0.5) is 0 Å². The van der Waals surface area contributed by atoms with Gasteiger partial charge in [-0.3, -0.25) is 4.79 Å². The molecule has 1 fully saturated rings. The summed E-state index contributed by atoms with van der Waals surface area (Å²) in [6.45, 7) is 4.25. The van der Waals surface area contributed by atoms with Crippen molar-refractivity contribution in [2.24, 2.45) is 0 Å². The zero-order valence-corrected chi connectivity index (χ0v) is 13.8. The van der Waals surface area contributed by atoms with Crippen molar-refractivity contribution in [3.05, 3.63) is 29.8 Å². The van der Waals surface area contributed by atoms with Crippen LogP contribution in [0.2, 0.25) is 0 Å². The first kappa shape index (κ1) is 16.4. The predicted octanol–water partition coefficient (Wildman–Crippen LogP) is 3.51. The van der Waals surface area contributed by atoms with Gasteiger partial charge in [-0.1, -0.05) is 6.07 Å². The third-order valence-corrected chi connectivity index (χ3v) is 4.27. The van der Waals surface area contributed by atoms with Crippen LogP contribution in [0.5, 0.6) is 11.5 Å². The summed E-state index contributed by atoms with van der Waals surface area (Å²) in [5, 5.41) is 0. The van der Waals surface area contributed by atoms with E-state index >= 15 is 0 Å². The lowest BCUT2D eigenvalue weighted by atomic mass is 9.97. The number of hydrogen-bond donors (Lipinski definition) is 0. The summed E-state index contributed by atoms with van der Waals surface area (Å²) in [6.07, 6.45) is 6.85. The van der Waals surface area contributed by atoms with Crippen molar-refractivity contribution >= 4 is 12.0 Å². The van der Waals surface area contributed by atoms with Gasteiger partial charge in [0.15, 0.2) is 11.5 Å². The molecule has 1 aromatic rings. The van der Waals surface area contributed by atoms with Crippen molar-refractivity contribution in [3.8, 4) is 11.5 Å². The average molecular weight is 303 g/mol. The van der Waals surface area contributed by atoms with Gasteiger partial charge >= 0.3 is 0 Å². The molecule has 0 aliphatic carbocycles. The van der Waals surface area contributed by atoms with E-state index in [0.29, 0.717) is 23.6 Å². The van der Waals surface area contributed by atoms with Crippen molar-refractivity contribution in [3.63, 3.8) is 0 Å². The van der Waals surface area contributed by atoms with Crippen LogP contribution in [0.25, 0.3) is 6.08 Å². The largest absolute Gasteiger partial charge is 0.493 e. The van der Waals surface area contributed by atoms with Crippen molar-refractivity contribution < 1.29 is 14.3 Å². The molecular weight excluding hydrogens is 278 g/mol. The molecule has 1 saturated heterocycles. The third-order valence-electron chi connectivity index (χ3n) is 4.27. The van der Waals surface area contributed by atoms with E-state index in [1.165, 1.54) is 6.42 Å². The molecule has 0 saturated carbocycles. The second-order valence-corrected chi connectivity index (χ2v) is 5.82. The average Bonchev–Trinajstić information content (AvgIpc) is 2.52. The van der Waals surface area contributed by atoms with Gasteiger partial charge in [0, 0.05) is 18.2 Å².